The molecule has 0 spiro atoms. The third-order valence-electron chi connectivity index (χ3n) is 3.49. The van der Waals surface area contributed by atoms with Crippen molar-refractivity contribution in [2.75, 3.05) is 6.54 Å². The number of rotatable bonds is 4. The molecule has 0 aliphatic rings. The van der Waals surface area contributed by atoms with Crippen molar-refractivity contribution in [1.29, 1.82) is 0 Å². The molecule has 0 aliphatic carbocycles. The van der Waals surface area contributed by atoms with Crippen molar-refractivity contribution in [1.82, 2.24) is 4.98 Å². The third kappa shape index (κ3) is 2.40. The minimum absolute atomic E-state index is 0.0589. The summed E-state index contributed by atoms with van der Waals surface area (Å²) in [5.74, 6) is 1.41. The van der Waals surface area contributed by atoms with E-state index in [9.17, 15) is 0 Å². The van der Waals surface area contributed by atoms with E-state index in [4.69, 9.17) is 15.9 Å². The van der Waals surface area contributed by atoms with E-state index < -0.39 is 0 Å². The SMILES string of the molecule is Cc1nc2cc(C(N)C(CN)C(C)C)ccc2o1. The zero-order valence-electron chi connectivity index (χ0n) is 11.2. The molecule has 0 saturated heterocycles. The van der Waals surface area contributed by atoms with Gasteiger partial charge in [-0.05, 0) is 36.1 Å². The second-order valence-corrected chi connectivity index (χ2v) is 5.13. The van der Waals surface area contributed by atoms with Crippen molar-refractivity contribution in [3.8, 4) is 0 Å². The van der Waals surface area contributed by atoms with Gasteiger partial charge in [-0.2, -0.15) is 0 Å². The largest absolute Gasteiger partial charge is 0.441 e. The highest BCUT2D eigenvalue weighted by atomic mass is 16.3. The Morgan fingerprint density at radius 1 is 1.33 bits per heavy atom. The Balaban J connectivity index is 2.34. The second kappa shape index (κ2) is 5.08. The minimum atomic E-state index is -0.0589. The molecule has 18 heavy (non-hydrogen) atoms. The summed E-state index contributed by atoms with van der Waals surface area (Å²) in [6.45, 7) is 6.73. The van der Waals surface area contributed by atoms with Crippen LogP contribution < -0.4 is 11.5 Å². The quantitative estimate of drug-likeness (QED) is 0.869. The van der Waals surface area contributed by atoms with Crippen LogP contribution >= 0.6 is 0 Å². The Morgan fingerprint density at radius 2 is 2.06 bits per heavy atom. The first-order valence-electron chi connectivity index (χ1n) is 6.35. The lowest BCUT2D eigenvalue weighted by molar-refractivity contribution is 0.331. The lowest BCUT2D eigenvalue weighted by Crippen LogP contribution is -2.31. The fourth-order valence-electron chi connectivity index (χ4n) is 2.35. The van der Waals surface area contributed by atoms with Gasteiger partial charge >= 0.3 is 0 Å². The lowest BCUT2D eigenvalue weighted by atomic mass is 9.85. The van der Waals surface area contributed by atoms with Gasteiger partial charge in [-0.25, -0.2) is 4.98 Å². The van der Waals surface area contributed by atoms with E-state index >= 15 is 0 Å². The molecule has 0 bridgehead atoms. The lowest BCUT2D eigenvalue weighted by Gasteiger charge is -2.26. The van der Waals surface area contributed by atoms with Gasteiger partial charge in [0, 0.05) is 13.0 Å². The van der Waals surface area contributed by atoms with Crippen molar-refractivity contribution >= 4 is 11.1 Å². The first-order valence-corrected chi connectivity index (χ1v) is 6.35. The van der Waals surface area contributed by atoms with E-state index in [1.807, 2.05) is 25.1 Å². The normalized spacial score (nSPS) is 15.2. The number of aryl methyl sites for hydroxylation is 1. The molecule has 2 aromatic rings. The number of aromatic nitrogens is 1. The van der Waals surface area contributed by atoms with Gasteiger partial charge in [0.2, 0.25) is 0 Å². The molecule has 1 aromatic carbocycles. The van der Waals surface area contributed by atoms with Crippen molar-refractivity contribution in [2.45, 2.75) is 26.8 Å². The van der Waals surface area contributed by atoms with Gasteiger partial charge < -0.3 is 15.9 Å². The van der Waals surface area contributed by atoms with Crippen LogP contribution in [0, 0.1) is 18.8 Å². The summed E-state index contributed by atoms with van der Waals surface area (Å²) >= 11 is 0. The van der Waals surface area contributed by atoms with Gasteiger partial charge in [0.1, 0.15) is 5.52 Å². The number of oxazole rings is 1. The summed E-state index contributed by atoms with van der Waals surface area (Å²) in [6, 6.07) is 5.87. The van der Waals surface area contributed by atoms with Crippen LogP contribution in [0.3, 0.4) is 0 Å². The monoisotopic (exact) mass is 247 g/mol. The van der Waals surface area contributed by atoms with Gasteiger partial charge in [-0.1, -0.05) is 19.9 Å². The number of fused-ring (bicyclic) bond motifs is 1. The maximum atomic E-state index is 6.31. The van der Waals surface area contributed by atoms with E-state index in [0.717, 1.165) is 16.7 Å². The number of hydrogen-bond acceptors (Lipinski definition) is 4. The topological polar surface area (TPSA) is 78.1 Å². The zero-order valence-corrected chi connectivity index (χ0v) is 11.2. The highest BCUT2D eigenvalue weighted by Gasteiger charge is 2.22. The molecule has 4 N–H and O–H groups in total. The standard InChI is InChI=1S/C14H21N3O/c1-8(2)11(7-15)14(16)10-4-5-13-12(6-10)17-9(3)18-13/h4-6,8,11,14H,7,15-16H2,1-3H3. The van der Waals surface area contributed by atoms with Crippen molar-refractivity contribution in [3.05, 3.63) is 29.7 Å². The van der Waals surface area contributed by atoms with E-state index in [2.05, 4.69) is 18.8 Å². The molecule has 0 radical (unpaired) electrons. The predicted octanol–water partition coefficient (Wildman–Crippen LogP) is 2.37. The highest BCUT2D eigenvalue weighted by molar-refractivity contribution is 5.73. The summed E-state index contributed by atoms with van der Waals surface area (Å²) in [5, 5.41) is 0. The molecular weight excluding hydrogens is 226 g/mol. The van der Waals surface area contributed by atoms with E-state index in [0.29, 0.717) is 18.4 Å². The second-order valence-electron chi connectivity index (χ2n) is 5.13. The summed E-state index contributed by atoms with van der Waals surface area (Å²) in [5.41, 5.74) is 14.9. The fraction of sp³-hybridized carbons (Fsp3) is 0.500. The fourth-order valence-corrected chi connectivity index (χ4v) is 2.35. The first-order chi connectivity index (χ1) is 8.52. The van der Waals surface area contributed by atoms with Crippen LogP contribution in [-0.4, -0.2) is 11.5 Å². The molecule has 4 nitrogen and oxygen atoms in total. The summed E-state index contributed by atoms with van der Waals surface area (Å²) in [7, 11) is 0. The molecule has 98 valence electrons. The Labute approximate surface area is 107 Å². The van der Waals surface area contributed by atoms with Gasteiger partial charge in [-0.15, -0.1) is 0 Å². The smallest absolute Gasteiger partial charge is 0.192 e. The number of nitrogens with zero attached hydrogens (tertiary/aromatic N) is 1. The summed E-state index contributed by atoms with van der Waals surface area (Å²) in [6.07, 6.45) is 0. The summed E-state index contributed by atoms with van der Waals surface area (Å²) < 4.78 is 5.46. The summed E-state index contributed by atoms with van der Waals surface area (Å²) in [4.78, 5) is 4.33. The molecule has 4 heteroatoms. The predicted molar refractivity (Wildman–Crippen MR) is 73.1 cm³/mol. The van der Waals surface area contributed by atoms with E-state index in [1.165, 1.54) is 0 Å². The maximum Gasteiger partial charge on any atom is 0.192 e. The number of hydrogen-bond donors (Lipinski definition) is 2. The Bertz CT molecular complexity index is 533. The van der Waals surface area contributed by atoms with Gasteiger partial charge in [-0.3, -0.25) is 0 Å². The molecule has 0 aliphatic heterocycles. The van der Waals surface area contributed by atoms with Gasteiger partial charge in [0.05, 0.1) is 0 Å². The van der Waals surface area contributed by atoms with E-state index in [-0.39, 0.29) is 12.0 Å². The molecule has 1 aromatic heterocycles. The first kappa shape index (κ1) is 13.1. The van der Waals surface area contributed by atoms with Crippen molar-refractivity contribution < 1.29 is 4.42 Å². The Morgan fingerprint density at radius 3 is 2.67 bits per heavy atom. The third-order valence-corrected chi connectivity index (χ3v) is 3.49. The number of nitrogens with two attached hydrogens (primary N) is 2. The Hall–Kier alpha value is -1.39. The molecule has 2 rings (SSSR count). The molecule has 0 fully saturated rings. The molecular formula is C14H21N3O. The van der Waals surface area contributed by atoms with Gasteiger partial charge in [0.25, 0.3) is 0 Å². The molecule has 0 amide bonds. The maximum absolute atomic E-state index is 6.31. The average molecular weight is 247 g/mol. The van der Waals surface area contributed by atoms with Crippen molar-refractivity contribution in [3.63, 3.8) is 0 Å². The van der Waals surface area contributed by atoms with Crippen LogP contribution in [-0.2, 0) is 0 Å². The van der Waals surface area contributed by atoms with Crippen LogP contribution in [0.2, 0.25) is 0 Å². The Kier molecular flexibility index (Phi) is 3.68. The van der Waals surface area contributed by atoms with Gasteiger partial charge in [0.15, 0.2) is 11.5 Å². The molecule has 1 heterocycles. The van der Waals surface area contributed by atoms with Crippen LogP contribution in [0.5, 0.6) is 0 Å². The average Bonchev–Trinajstić information content (AvgIpc) is 2.68. The van der Waals surface area contributed by atoms with Crippen LogP contribution in [0.1, 0.15) is 31.3 Å². The molecule has 2 unspecified atom stereocenters. The van der Waals surface area contributed by atoms with Crippen LogP contribution in [0.15, 0.2) is 22.6 Å². The zero-order chi connectivity index (χ0) is 13.3. The van der Waals surface area contributed by atoms with Crippen LogP contribution in [0.25, 0.3) is 11.1 Å². The molecule has 0 saturated carbocycles. The number of benzene rings is 1. The molecule has 2 atom stereocenters. The highest BCUT2D eigenvalue weighted by Crippen LogP contribution is 2.27. The van der Waals surface area contributed by atoms with Crippen molar-refractivity contribution in [2.24, 2.45) is 23.3 Å². The van der Waals surface area contributed by atoms with Crippen LogP contribution in [0.4, 0.5) is 0 Å². The van der Waals surface area contributed by atoms with E-state index in [1.54, 1.807) is 0 Å². The minimum Gasteiger partial charge on any atom is -0.441 e.